The molecule has 32 heavy (non-hydrogen) atoms. The molecule has 0 spiro atoms. The molecule has 0 radical (unpaired) electrons. The second kappa shape index (κ2) is 10.9. The smallest absolute Gasteiger partial charge is 0.313 e. The minimum Gasteiger partial charge on any atom is -0.347 e. The highest BCUT2D eigenvalue weighted by Crippen LogP contribution is 2.21. The first-order chi connectivity index (χ1) is 15.2. The molecule has 1 aliphatic carbocycles. The molecule has 3 rings (SSSR count). The molecule has 0 unspecified atom stereocenters. The zero-order chi connectivity index (χ0) is 23.1. The summed E-state index contributed by atoms with van der Waals surface area (Å²) in [6, 6.07) is 11.6. The van der Waals surface area contributed by atoms with Gasteiger partial charge in [-0.05, 0) is 61.6 Å². The third-order valence-corrected chi connectivity index (χ3v) is 7.29. The van der Waals surface area contributed by atoms with Gasteiger partial charge in [0.05, 0.1) is 4.90 Å². The standard InChI is InChI=1S/C23H28ClN3O4S/c1-16-7-10-18(24)15-21(16)26-23(29)22(28)25-14-13-17-8-11-20(12-9-17)32(30,31)27-19-5-3-2-4-6-19/h7-12,15,19,27H,2-6,13-14H2,1H3,(H,25,28)(H,26,29). The largest absolute Gasteiger partial charge is 0.347 e. The Bertz CT molecular complexity index is 1070. The fourth-order valence-electron chi connectivity index (χ4n) is 3.65. The molecule has 0 saturated heterocycles. The second-order valence-corrected chi connectivity index (χ2v) is 10.2. The second-order valence-electron chi connectivity index (χ2n) is 8.02. The lowest BCUT2D eigenvalue weighted by Crippen LogP contribution is -2.36. The summed E-state index contributed by atoms with van der Waals surface area (Å²) in [5, 5.41) is 5.58. The number of amides is 2. The van der Waals surface area contributed by atoms with E-state index in [1.807, 2.05) is 0 Å². The molecule has 9 heteroatoms. The molecule has 1 fully saturated rings. The van der Waals surface area contributed by atoms with Crippen molar-refractivity contribution in [3.63, 3.8) is 0 Å². The van der Waals surface area contributed by atoms with Crippen LogP contribution in [0.5, 0.6) is 0 Å². The van der Waals surface area contributed by atoms with Crippen LogP contribution in [0.3, 0.4) is 0 Å². The van der Waals surface area contributed by atoms with Gasteiger partial charge in [-0.3, -0.25) is 9.59 Å². The van der Waals surface area contributed by atoms with E-state index in [1.165, 1.54) is 0 Å². The van der Waals surface area contributed by atoms with Crippen LogP contribution in [0.2, 0.25) is 5.02 Å². The van der Waals surface area contributed by atoms with Crippen LogP contribution in [0.1, 0.15) is 43.2 Å². The van der Waals surface area contributed by atoms with E-state index in [1.54, 1.807) is 49.4 Å². The molecule has 172 valence electrons. The Morgan fingerprint density at radius 2 is 1.69 bits per heavy atom. The van der Waals surface area contributed by atoms with Crippen LogP contribution in [-0.4, -0.2) is 32.8 Å². The third-order valence-electron chi connectivity index (χ3n) is 5.51. The number of nitrogens with one attached hydrogen (secondary N) is 3. The van der Waals surface area contributed by atoms with Crippen LogP contribution >= 0.6 is 11.6 Å². The van der Waals surface area contributed by atoms with E-state index >= 15 is 0 Å². The van der Waals surface area contributed by atoms with E-state index in [0.29, 0.717) is 17.1 Å². The zero-order valence-electron chi connectivity index (χ0n) is 18.0. The van der Waals surface area contributed by atoms with Crippen LogP contribution in [0.25, 0.3) is 0 Å². The number of halogens is 1. The third kappa shape index (κ3) is 6.79. The highest BCUT2D eigenvalue weighted by molar-refractivity contribution is 7.89. The first-order valence-corrected chi connectivity index (χ1v) is 12.6. The predicted molar refractivity (Wildman–Crippen MR) is 125 cm³/mol. The van der Waals surface area contributed by atoms with Gasteiger partial charge in [-0.2, -0.15) is 0 Å². The summed E-state index contributed by atoms with van der Waals surface area (Å²) in [7, 11) is -3.54. The first kappa shape index (κ1) is 24.2. The van der Waals surface area contributed by atoms with E-state index in [9.17, 15) is 18.0 Å². The SMILES string of the molecule is Cc1ccc(Cl)cc1NC(=O)C(=O)NCCc1ccc(S(=O)(=O)NC2CCCCC2)cc1. The van der Waals surface area contributed by atoms with Gasteiger partial charge >= 0.3 is 11.8 Å². The van der Waals surface area contributed by atoms with Gasteiger partial charge in [0.2, 0.25) is 10.0 Å². The molecule has 0 heterocycles. The van der Waals surface area contributed by atoms with Gasteiger partial charge in [0.25, 0.3) is 0 Å². The van der Waals surface area contributed by atoms with Gasteiger partial charge in [0, 0.05) is 23.3 Å². The maximum atomic E-state index is 12.6. The van der Waals surface area contributed by atoms with Gasteiger partial charge in [-0.15, -0.1) is 0 Å². The van der Waals surface area contributed by atoms with Crippen molar-refractivity contribution in [2.75, 3.05) is 11.9 Å². The normalized spacial score (nSPS) is 14.7. The number of benzene rings is 2. The molecule has 2 amide bonds. The van der Waals surface area contributed by atoms with Gasteiger partial charge in [0.15, 0.2) is 0 Å². The molecule has 0 atom stereocenters. The topological polar surface area (TPSA) is 104 Å². The minimum atomic E-state index is -3.54. The Hall–Kier alpha value is -2.42. The summed E-state index contributed by atoms with van der Waals surface area (Å²) < 4.78 is 27.9. The van der Waals surface area contributed by atoms with Gasteiger partial charge in [0.1, 0.15) is 0 Å². The zero-order valence-corrected chi connectivity index (χ0v) is 19.6. The van der Waals surface area contributed by atoms with Crippen molar-refractivity contribution in [2.45, 2.75) is 56.4 Å². The van der Waals surface area contributed by atoms with Crippen molar-refractivity contribution in [2.24, 2.45) is 0 Å². The summed E-state index contributed by atoms with van der Waals surface area (Å²) in [5.41, 5.74) is 2.13. The number of hydrogen-bond donors (Lipinski definition) is 3. The molecule has 7 nitrogen and oxygen atoms in total. The van der Waals surface area contributed by atoms with Crippen LogP contribution in [-0.2, 0) is 26.0 Å². The van der Waals surface area contributed by atoms with E-state index < -0.39 is 21.8 Å². The summed E-state index contributed by atoms with van der Waals surface area (Å²) >= 11 is 5.93. The van der Waals surface area contributed by atoms with Crippen molar-refractivity contribution < 1.29 is 18.0 Å². The molecular formula is C23H28ClN3O4S. The number of rotatable bonds is 7. The molecule has 2 aromatic rings. The maximum Gasteiger partial charge on any atom is 0.313 e. The quantitative estimate of drug-likeness (QED) is 0.530. The number of hydrogen-bond acceptors (Lipinski definition) is 4. The fourth-order valence-corrected chi connectivity index (χ4v) is 5.13. The monoisotopic (exact) mass is 477 g/mol. The summed E-state index contributed by atoms with van der Waals surface area (Å²) in [6.45, 7) is 2.05. The van der Waals surface area contributed by atoms with Gasteiger partial charge in [-0.1, -0.05) is 49.1 Å². The predicted octanol–water partition coefficient (Wildman–Crippen LogP) is 3.56. The molecule has 1 aliphatic rings. The summed E-state index contributed by atoms with van der Waals surface area (Å²) in [5.74, 6) is -1.52. The van der Waals surface area contributed by atoms with Crippen molar-refractivity contribution in [1.29, 1.82) is 0 Å². The van der Waals surface area contributed by atoms with Crippen molar-refractivity contribution in [3.05, 3.63) is 58.6 Å². The van der Waals surface area contributed by atoms with E-state index in [2.05, 4.69) is 15.4 Å². The number of carbonyl (C=O) groups is 2. The Kier molecular flexibility index (Phi) is 8.28. The van der Waals surface area contributed by atoms with E-state index in [0.717, 1.165) is 43.2 Å². The summed E-state index contributed by atoms with van der Waals surface area (Å²) in [6.07, 6.45) is 5.48. The lowest BCUT2D eigenvalue weighted by atomic mass is 9.96. The first-order valence-electron chi connectivity index (χ1n) is 10.7. The van der Waals surface area contributed by atoms with Crippen molar-refractivity contribution in [3.8, 4) is 0 Å². The Balaban J connectivity index is 1.48. The van der Waals surface area contributed by atoms with Crippen LogP contribution in [0.15, 0.2) is 47.4 Å². The molecular weight excluding hydrogens is 450 g/mol. The maximum absolute atomic E-state index is 12.6. The number of sulfonamides is 1. The van der Waals surface area contributed by atoms with Crippen molar-refractivity contribution in [1.82, 2.24) is 10.0 Å². The van der Waals surface area contributed by atoms with Crippen molar-refractivity contribution >= 4 is 39.1 Å². The van der Waals surface area contributed by atoms with E-state index in [4.69, 9.17) is 11.6 Å². The average molecular weight is 478 g/mol. The molecule has 3 N–H and O–H groups in total. The lowest BCUT2D eigenvalue weighted by Gasteiger charge is -2.22. The number of aryl methyl sites for hydroxylation is 1. The van der Waals surface area contributed by atoms with E-state index in [-0.39, 0.29) is 17.5 Å². The Morgan fingerprint density at radius 1 is 1.00 bits per heavy atom. The number of carbonyl (C=O) groups excluding carboxylic acids is 2. The average Bonchev–Trinajstić information content (AvgIpc) is 2.77. The molecule has 2 aromatic carbocycles. The molecule has 1 saturated carbocycles. The molecule has 0 aliphatic heterocycles. The van der Waals surface area contributed by atoms with Crippen LogP contribution in [0.4, 0.5) is 5.69 Å². The van der Waals surface area contributed by atoms with Gasteiger partial charge < -0.3 is 10.6 Å². The highest BCUT2D eigenvalue weighted by Gasteiger charge is 2.21. The molecule has 0 bridgehead atoms. The van der Waals surface area contributed by atoms with Gasteiger partial charge in [-0.25, -0.2) is 13.1 Å². The highest BCUT2D eigenvalue weighted by atomic mass is 35.5. The Morgan fingerprint density at radius 3 is 2.38 bits per heavy atom. The summed E-state index contributed by atoms with van der Waals surface area (Å²) in [4.78, 5) is 24.4. The number of anilines is 1. The molecule has 0 aromatic heterocycles. The minimum absolute atomic E-state index is 0.00508. The van der Waals surface area contributed by atoms with Crippen LogP contribution < -0.4 is 15.4 Å². The lowest BCUT2D eigenvalue weighted by molar-refractivity contribution is -0.136. The fraction of sp³-hybridized carbons (Fsp3) is 0.391. The van der Waals surface area contributed by atoms with Crippen LogP contribution in [0, 0.1) is 6.92 Å². The Labute approximate surface area is 194 Å².